The molecule has 5 heteroatoms. The van der Waals surface area contributed by atoms with Crippen molar-refractivity contribution in [2.45, 2.75) is 19.6 Å². The molecule has 0 aliphatic rings. The van der Waals surface area contributed by atoms with Crippen molar-refractivity contribution in [3.05, 3.63) is 20.8 Å². The molecule has 0 saturated heterocycles. The number of rotatable bonds is 4. The maximum Gasteiger partial charge on any atom is 0.332 e. The molecular weight excluding hydrogens is 256 g/mol. The van der Waals surface area contributed by atoms with Crippen LogP contribution >= 0.6 is 27.3 Å². The Morgan fingerprint density at radius 3 is 3.00 bits per heavy atom. The van der Waals surface area contributed by atoms with Gasteiger partial charge in [0, 0.05) is 14.7 Å². The Labute approximate surface area is 88.5 Å². The van der Waals surface area contributed by atoms with E-state index in [1.165, 1.54) is 18.3 Å². The molecular formula is C8H9BrO3S. The maximum atomic E-state index is 10.4. The van der Waals surface area contributed by atoms with Gasteiger partial charge in [0.25, 0.3) is 0 Å². The summed E-state index contributed by atoms with van der Waals surface area (Å²) < 4.78 is 6.09. The van der Waals surface area contributed by atoms with Crippen molar-refractivity contribution in [1.29, 1.82) is 0 Å². The number of ether oxygens (including phenoxy) is 1. The molecule has 0 bridgehead atoms. The largest absolute Gasteiger partial charge is 0.479 e. The topological polar surface area (TPSA) is 46.5 Å². The summed E-state index contributed by atoms with van der Waals surface area (Å²) in [7, 11) is 0. The fourth-order valence-electron chi connectivity index (χ4n) is 0.708. The third kappa shape index (κ3) is 3.46. The van der Waals surface area contributed by atoms with Crippen molar-refractivity contribution in [3.63, 3.8) is 0 Å². The van der Waals surface area contributed by atoms with Gasteiger partial charge in [-0.15, -0.1) is 11.3 Å². The van der Waals surface area contributed by atoms with Gasteiger partial charge in [0.1, 0.15) is 0 Å². The van der Waals surface area contributed by atoms with Gasteiger partial charge in [-0.2, -0.15) is 0 Å². The molecule has 1 aromatic rings. The van der Waals surface area contributed by atoms with E-state index in [-0.39, 0.29) is 0 Å². The molecule has 0 aromatic carbocycles. The number of hydrogen-bond donors (Lipinski definition) is 1. The van der Waals surface area contributed by atoms with Gasteiger partial charge in [0.05, 0.1) is 6.61 Å². The van der Waals surface area contributed by atoms with Crippen LogP contribution in [0.4, 0.5) is 0 Å². The predicted octanol–water partition coefficient (Wildman–Crippen LogP) is 2.50. The summed E-state index contributed by atoms with van der Waals surface area (Å²) in [6, 6.07) is 1.92. The van der Waals surface area contributed by atoms with Crippen LogP contribution in [-0.2, 0) is 16.1 Å². The lowest BCUT2D eigenvalue weighted by molar-refractivity contribution is -0.149. The Morgan fingerprint density at radius 1 is 1.85 bits per heavy atom. The highest BCUT2D eigenvalue weighted by atomic mass is 79.9. The molecule has 1 heterocycles. The van der Waals surface area contributed by atoms with Gasteiger partial charge in [-0.05, 0) is 28.9 Å². The van der Waals surface area contributed by atoms with E-state index in [1.807, 2.05) is 11.4 Å². The summed E-state index contributed by atoms with van der Waals surface area (Å²) in [5.41, 5.74) is 0. The lowest BCUT2D eigenvalue weighted by Crippen LogP contribution is -2.19. The van der Waals surface area contributed by atoms with E-state index in [2.05, 4.69) is 15.9 Å². The molecule has 0 saturated carbocycles. The quantitative estimate of drug-likeness (QED) is 0.909. The summed E-state index contributed by atoms with van der Waals surface area (Å²) in [5, 5.41) is 10.5. The van der Waals surface area contributed by atoms with Crippen LogP contribution in [0.2, 0.25) is 0 Å². The first-order valence-electron chi connectivity index (χ1n) is 3.67. The van der Waals surface area contributed by atoms with Crippen LogP contribution in [0, 0.1) is 0 Å². The zero-order valence-electron chi connectivity index (χ0n) is 6.99. The maximum absolute atomic E-state index is 10.4. The van der Waals surface area contributed by atoms with Gasteiger partial charge in [-0.25, -0.2) is 4.79 Å². The summed E-state index contributed by atoms with van der Waals surface area (Å²) in [5.74, 6) is -0.935. The molecule has 0 aliphatic carbocycles. The van der Waals surface area contributed by atoms with Gasteiger partial charge in [0.2, 0.25) is 0 Å². The Bertz CT molecular complexity index is 297. The second-order valence-electron chi connectivity index (χ2n) is 2.52. The van der Waals surface area contributed by atoms with E-state index < -0.39 is 12.1 Å². The number of hydrogen-bond acceptors (Lipinski definition) is 3. The number of carbonyl (C=O) groups is 1. The van der Waals surface area contributed by atoms with E-state index in [0.717, 1.165) is 9.35 Å². The van der Waals surface area contributed by atoms with Gasteiger partial charge in [0.15, 0.2) is 6.10 Å². The summed E-state index contributed by atoms with van der Waals surface area (Å²) in [6.45, 7) is 1.87. The number of aliphatic carboxylic acids is 1. The number of halogens is 1. The Hall–Kier alpha value is -0.390. The molecule has 3 nitrogen and oxygen atoms in total. The average molecular weight is 265 g/mol. The SMILES string of the molecule is C[C@H](OCc1cc(Br)cs1)C(=O)O. The van der Waals surface area contributed by atoms with E-state index in [9.17, 15) is 4.79 Å². The second kappa shape index (κ2) is 4.74. The lowest BCUT2D eigenvalue weighted by atomic mass is 10.4. The third-order valence-electron chi connectivity index (χ3n) is 1.45. The minimum absolute atomic E-state index is 0.351. The second-order valence-corrected chi connectivity index (χ2v) is 4.43. The zero-order valence-corrected chi connectivity index (χ0v) is 9.39. The first-order valence-corrected chi connectivity index (χ1v) is 5.34. The minimum atomic E-state index is -0.935. The molecule has 72 valence electrons. The van der Waals surface area contributed by atoms with Crippen molar-refractivity contribution in [3.8, 4) is 0 Å². The van der Waals surface area contributed by atoms with E-state index >= 15 is 0 Å². The fourth-order valence-corrected chi connectivity index (χ4v) is 2.08. The number of carboxylic acid groups (broad SMARTS) is 1. The first-order chi connectivity index (χ1) is 6.09. The van der Waals surface area contributed by atoms with Crippen molar-refractivity contribution in [1.82, 2.24) is 0 Å². The van der Waals surface area contributed by atoms with E-state index in [0.29, 0.717) is 6.61 Å². The normalized spacial score (nSPS) is 12.8. The van der Waals surface area contributed by atoms with E-state index in [1.54, 1.807) is 0 Å². The molecule has 0 unspecified atom stereocenters. The average Bonchev–Trinajstić information content (AvgIpc) is 2.47. The highest BCUT2D eigenvalue weighted by molar-refractivity contribution is 9.10. The molecule has 0 amide bonds. The molecule has 1 atom stereocenters. The Kier molecular flexibility index (Phi) is 3.90. The number of thiophene rings is 1. The molecule has 1 aromatic heterocycles. The van der Waals surface area contributed by atoms with Crippen molar-refractivity contribution >= 4 is 33.2 Å². The molecule has 13 heavy (non-hydrogen) atoms. The minimum Gasteiger partial charge on any atom is -0.479 e. The van der Waals surface area contributed by atoms with Crippen LogP contribution in [-0.4, -0.2) is 17.2 Å². The number of carboxylic acids is 1. The van der Waals surface area contributed by atoms with Gasteiger partial charge < -0.3 is 9.84 Å². The van der Waals surface area contributed by atoms with Crippen LogP contribution in [0.25, 0.3) is 0 Å². The molecule has 0 aliphatic heterocycles. The molecule has 0 radical (unpaired) electrons. The summed E-state index contributed by atoms with van der Waals surface area (Å²) in [6.07, 6.45) is -0.749. The summed E-state index contributed by atoms with van der Waals surface area (Å²) in [4.78, 5) is 11.4. The Balaban J connectivity index is 2.39. The predicted molar refractivity (Wildman–Crippen MR) is 53.9 cm³/mol. The van der Waals surface area contributed by atoms with E-state index in [4.69, 9.17) is 9.84 Å². The Morgan fingerprint density at radius 2 is 2.54 bits per heavy atom. The molecule has 0 fully saturated rings. The van der Waals surface area contributed by atoms with Crippen molar-refractivity contribution in [2.75, 3.05) is 0 Å². The monoisotopic (exact) mass is 264 g/mol. The smallest absolute Gasteiger partial charge is 0.332 e. The highest BCUT2D eigenvalue weighted by Crippen LogP contribution is 2.20. The fraction of sp³-hybridized carbons (Fsp3) is 0.375. The van der Waals surface area contributed by atoms with Crippen molar-refractivity contribution < 1.29 is 14.6 Å². The molecule has 1 rings (SSSR count). The van der Waals surface area contributed by atoms with Gasteiger partial charge in [-0.3, -0.25) is 0 Å². The van der Waals surface area contributed by atoms with Crippen LogP contribution < -0.4 is 0 Å². The zero-order chi connectivity index (χ0) is 9.84. The molecule has 1 N–H and O–H groups in total. The lowest BCUT2D eigenvalue weighted by Gasteiger charge is -2.05. The van der Waals surface area contributed by atoms with Crippen LogP contribution in [0.3, 0.4) is 0 Å². The van der Waals surface area contributed by atoms with Crippen molar-refractivity contribution in [2.24, 2.45) is 0 Å². The first kappa shape index (κ1) is 10.7. The molecule has 0 spiro atoms. The van der Waals surface area contributed by atoms with Crippen LogP contribution in [0.15, 0.2) is 15.9 Å². The standard InChI is InChI=1S/C8H9BrO3S/c1-5(8(10)11)12-3-7-2-6(9)4-13-7/h2,4-5H,3H2,1H3,(H,10,11)/t5-/m0/s1. The third-order valence-corrected chi connectivity index (χ3v) is 3.12. The van der Waals surface area contributed by atoms with Gasteiger partial charge in [-0.1, -0.05) is 0 Å². The summed E-state index contributed by atoms with van der Waals surface area (Å²) >= 11 is 4.85. The highest BCUT2D eigenvalue weighted by Gasteiger charge is 2.11. The van der Waals surface area contributed by atoms with Crippen LogP contribution in [0.5, 0.6) is 0 Å². The van der Waals surface area contributed by atoms with Crippen LogP contribution in [0.1, 0.15) is 11.8 Å². The van der Waals surface area contributed by atoms with Gasteiger partial charge >= 0.3 is 5.97 Å².